The number of hydrogen-bond acceptors (Lipinski definition) is 4. The highest BCUT2D eigenvalue weighted by molar-refractivity contribution is 7.89. The van der Waals surface area contributed by atoms with Crippen molar-refractivity contribution in [2.45, 2.75) is 40.0 Å². The molecule has 1 rings (SSSR count). The van der Waals surface area contributed by atoms with Gasteiger partial charge in [-0.1, -0.05) is 13.8 Å². The Morgan fingerprint density at radius 3 is 2.68 bits per heavy atom. The molecule has 1 atom stereocenters. The summed E-state index contributed by atoms with van der Waals surface area (Å²) in [5.74, 6) is -0.0468. The fourth-order valence-corrected chi connectivity index (χ4v) is 4.00. The first kappa shape index (κ1) is 16.4. The highest BCUT2D eigenvalue weighted by Crippen LogP contribution is 2.21. The van der Waals surface area contributed by atoms with E-state index in [-0.39, 0.29) is 24.2 Å². The van der Waals surface area contributed by atoms with Crippen LogP contribution >= 0.6 is 0 Å². The van der Waals surface area contributed by atoms with Gasteiger partial charge in [-0.15, -0.1) is 0 Å². The van der Waals surface area contributed by atoms with Crippen LogP contribution in [0.25, 0.3) is 0 Å². The Morgan fingerprint density at radius 1 is 1.42 bits per heavy atom. The first-order chi connectivity index (χ1) is 8.86. The lowest BCUT2D eigenvalue weighted by atomic mass is 10.0. The summed E-state index contributed by atoms with van der Waals surface area (Å²) in [5.41, 5.74) is 0. The van der Waals surface area contributed by atoms with Gasteiger partial charge in [-0.2, -0.15) is 0 Å². The van der Waals surface area contributed by atoms with Gasteiger partial charge in [0.2, 0.25) is 10.0 Å². The second kappa shape index (κ2) is 7.24. The van der Waals surface area contributed by atoms with Gasteiger partial charge in [0.15, 0.2) is 0 Å². The van der Waals surface area contributed by atoms with Gasteiger partial charge in [0.25, 0.3) is 0 Å². The van der Waals surface area contributed by atoms with Crippen molar-refractivity contribution in [3.05, 3.63) is 0 Å². The summed E-state index contributed by atoms with van der Waals surface area (Å²) in [6.45, 7) is 6.92. The summed E-state index contributed by atoms with van der Waals surface area (Å²) in [7, 11) is -3.23. The van der Waals surface area contributed by atoms with Crippen molar-refractivity contribution in [2.24, 2.45) is 11.8 Å². The molecule has 0 N–H and O–H groups in total. The predicted molar refractivity (Wildman–Crippen MR) is 74.2 cm³/mol. The van der Waals surface area contributed by atoms with Crippen LogP contribution in [0.4, 0.5) is 0 Å². The third kappa shape index (κ3) is 5.10. The third-order valence-electron chi connectivity index (χ3n) is 3.35. The lowest BCUT2D eigenvalue weighted by Crippen LogP contribution is -2.43. The van der Waals surface area contributed by atoms with Gasteiger partial charge in [-0.3, -0.25) is 4.79 Å². The van der Waals surface area contributed by atoms with E-state index in [2.05, 4.69) is 0 Å². The van der Waals surface area contributed by atoms with Crippen LogP contribution in [0.2, 0.25) is 0 Å². The number of esters is 1. The van der Waals surface area contributed by atoms with E-state index in [1.54, 1.807) is 6.92 Å². The maximum atomic E-state index is 12.2. The van der Waals surface area contributed by atoms with Gasteiger partial charge in [-0.25, -0.2) is 12.7 Å². The fraction of sp³-hybridized carbons (Fsp3) is 0.923. The highest BCUT2D eigenvalue weighted by Gasteiger charge is 2.32. The topological polar surface area (TPSA) is 63.7 Å². The SMILES string of the molecule is CCOC(=O)[C@@H]1CCCN(S(=O)(=O)CCC(C)C)C1. The van der Waals surface area contributed by atoms with E-state index in [4.69, 9.17) is 4.74 Å². The van der Waals surface area contributed by atoms with Crippen LogP contribution in [0.15, 0.2) is 0 Å². The second-order valence-corrected chi connectivity index (χ2v) is 7.54. The Kier molecular flexibility index (Phi) is 6.26. The predicted octanol–water partition coefficient (Wildman–Crippen LogP) is 1.64. The zero-order valence-corrected chi connectivity index (χ0v) is 12.9. The normalized spacial score (nSPS) is 21.6. The molecule has 0 spiro atoms. The summed E-state index contributed by atoms with van der Waals surface area (Å²) in [6, 6.07) is 0. The zero-order valence-electron chi connectivity index (χ0n) is 12.1. The molecule has 19 heavy (non-hydrogen) atoms. The van der Waals surface area contributed by atoms with Crippen molar-refractivity contribution < 1.29 is 17.9 Å². The van der Waals surface area contributed by atoms with Gasteiger partial charge in [0.1, 0.15) is 0 Å². The molecular weight excluding hydrogens is 266 g/mol. The van der Waals surface area contributed by atoms with Crippen molar-refractivity contribution in [1.82, 2.24) is 4.31 Å². The van der Waals surface area contributed by atoms with Crippen LogP contribution in [-0.4, -0.2) is 44.1 Å². The van der Waals surface area contributed by atoms with Gasteiger partial charge >= 0.3 is 5.97 Å². The maximum Gasteiger partial charge on any atom is 0.310 e. The number of hydrogen-bond donors (Lipinski definition) is 0. The molecule has 1 aliphatic rings. The number of ether oxygens (including phenoxy) is 1. The molecule has 1 fully saturated rings. The standard InChI is InChI=1S/C13H25NO4S/c1-4-18-13(15)12-6-5-8-14(10-12)19(16,17)9-7-11(2)3/h11-12H,4-10H2,1-3H3/t12-/m1/s1. The summed E-state index contributed by atoms with van der Waals surface area (Å²) in [4.78, 5) is 11.7. The van der Waals surface area contributed by atoms with Gasteiger partial charge in [0, 0.05) is 13.1 Å². The minimum Gasteiger partial charge on any atom is -0.466 e. The molecule has 1 heterocycles. The molecule has 0 aliphatic carbocycles. The first-order valence-electron chi connectivity index (χ1n) is 7.01. The number of piperidine rings is 1. The largest absolute Gasteiger partial charge is 0.466 e. The van der Waals surface area contributed by atoms with E-state index in [9.17, 15) is 13.2 Å². The van der Waals surface area contributed by atoms with Crippen molar-refractivity contribution in [2.75, 3.05) is 25.4 Å². The van der Waals surface area contributed by atoms with Crippen molar-refractivity contribution in [1.29, 1.82) is 0 Å². The van der Waals surface area contributed by atoms with Gasteiger partial charge < -0.3 is 4.74 Å². The van der Waals surface area contributed by atoms with Crippen LogP contribution < -0.4 is 0 Å². The Bertz CT molecular complexity index is 391. The van der Waals surface area contributed by atoms with E-state index in [1.807, 2.05) is 13.8 Å². The molecule has 0 bridgehead atoms. The van der Waals surface area contributed by atoms with Crippen LogP contribution in [-0.2, 0) is 19.6 Å². The Balaban J connectivity index is 2.60. The summed E-state index contributed by atoms with van der Waals surface area (Å²) in [6.07, 6.45) is 2.10. The summed E-state index contributed by atoms with van der Waals surface area (Å²) in [5, 5.41) is 0. The first-order valence-corrected chi connectivity index (χ1v) is 8.62. The molecule has 0 radical (unpaired) electrons. The van der Waals surface area contributed by atoms with Gasteiger partial charge in [0.05, 0.1) is 18.3 Å². The molecule has 1 aliphatic heterocycles. The smallest absolute Gasteiger partial charge is 0.310 e. The van der Waals surface area contributed by atoms with Crippen molar-refractivity contribution in [3.63, 3.8) is 0 Å². The monoisotopic (exact) mass is 291 g/mol. The second-order valence-electron chi connectivity index (χ2n) is 5.45. The fourth-order valence-electron chi connectivity index (χ4n) is 2.16. The molecule has 0 saturated carbocycles. The molecule has 1 saturated heterocycles. The van der Waals surface area contributed by atoms with Crippen molar-refractivity contribution >= 4 is 16.0 Å². The van der Waals surface area contributed by atoms with E-state index in [1.165, 1.54) is 4.31 Å². The van der Waals surface area contributed by atoms with E-state index >= 15 is 0 Å². The highest BCUT2D eigenvalue weighted by atomic mass is 32.2. The number of carbonyl (C=O) groups excluding carboxylic acids is 1. The van der Waals surface area contributed by atoms with Crippen LogP contribution in [0, 0.1) is 11.8 Å². The molecule has 0 unspecified atom stereocenters. The molecule has 0 amide bonds. The number of nitrogens with zero attached hydrogens (tertiary/aromatic N) is 1. The minimum absolute atomic E-state index is 0.167. The molecular formula is C13H25NO4S. The van der Waals surface area contributed by atoms with E-state index in [0.29, 0.717) is 25.5 Å². The lowest BCUT2D eigenvalue weighted by molar-refractivity contribution is -0.149. The third-order valence-corrected chi connectivity index (χ3v) is 5.22. The van der Waals surface area contributed by atoms with Crippen LogP contribution in [0.5, 0.6) is 0 Å². The molecule has 5 nitrogen and oxygen atoms in total. The Labute approximate surface area is 116 Å². The number of rotatable bonds is 6. The molecule has 6 heteroatoms. The average molecular weight is 291 g/mol. The van der Waals surface area contributed by atoms with Crippen LogP contribution in [0.1, 0.15) is 40.0 Å². The molecule has 0 aromatic carbocycles. The van der Waals surface area contributed by atoms with Gasteiger partial charge in [-0.05, 0) is 32.1 Å². The number of carbonyl (C=O) groups is 1. The molecule has 0 aromatic heterocycles. The minimum atomic E-state index is -3.23. The Hall–Kier alpha value is -0.620. The van der Waals surface area contributed by atoms with E-state index < -0.39 is 10.0 Å². The zero-order chi connectivity index (χ0) is 14.5. The number of sulfonamides is 1. The maximum absolute atomic E-state index is 12.2. The van der Waals surface area contributed by atoms with Crippen molar-refractivity contribution in [3.8, 4) is 0 Å². The Morgan fingerprint density at radius 2 is 2.11 bits per heavy atom. The molecule has 0 aromatic rings. The van der Waals surface area contributed by atoms with E-state index in [0.717, 1.165) is 12.8 Å². The lowest BCUT2D eigenvalue weighted by Gasteiger charge is -2.30. The average Bonchev–Trinajstić information content (AvgIpc) is 2.37. The molecule has 112 valence electrons. The van der Waals surface area contributed by atoms with Crippen LogP contribution in [0.3, 0.4) is 0 Å². The summed E-state index contributed by atoms with van der Waals surface area (Å²) >= 11 is 0. The quantitative estimate of drug-likeness (QED) is 0.698. The summed E-state index contributed by atoms with van der Waals surface area (Å²) < 4.78 is 30.8.